The number of nitrogens with one attached hydrogen (secondary N) is 1. The van der Waals surface area contributed by atoms with E-state index in [1.807, 2.05) is 24.3 Å². The normalized spacial score (nSPS) is 18.1. The molecule has 2 amide bonds. The standard InChI is InChI=1S/C25H25N3O2/c1-15(2)12-27-13-18-22(17-8-5-4-6-9-17)24-20(14-28(16(3)29)25(24)30)26-19-10-7-11-21(27)23(18)19/h4-11,13,15,22,26H,12,14H2,1-3H3. The van der Waals surface area contributed by atoms with Crippen LogP contribution in [0.3, 0.4) is 0 Å². The molecule has 5 rings (SSSR count). The Balaban J connectivity index is 1.79. The molecule has 1 unspecified atom stereocenters. The molecular weight excluding hydrogens is 374 g/mol. The van der Waals surface area contributed by atoms with Crippen molar-refractivity contribution in [2.75, 3.05) is 11.9 Å². The average molecular weight is 399 g/mol. The number of amides is 2. The smallest absolute Gasteiger partial charge is 0.259 e. The van der Waals surface area contributed by atoms with Gasteiger partial charge in [-0.1, -0.05) is 50.2 Å². The lowest BCUT2D eigenvalue weighted by Gasteiger charge is -2.19. The number of nitrogens with zero attached hydrogens (tertiary/aromatic N) is 2. The van der Waals surface area contributed by atoms with Crippen LogP contribution in [0.1, 0.15) is 37.8 Å². The van der Waals surface area contributed by atoms with Gasteiger partial charge in [0.15, 0.2) is 0 Å². The summed E-state index contributed by atoms with van der Waals surface area (Å²) >= 11 is 0. The number of rotatable bonds is 3. The highest BCUT2D eigenvalue weighted by atomic mass is 16.2. The molecule has 5 heteroatoms. The van der Waals surface area contributed by atoms with E-state index in [0.29, 0.717) is 18.0 Å². The number of anilines is 1. The lowest BCUT2D eigenvalue weighted by atomic mass is 9.84. The van der Waals surface area contributed by atoms with E-state index in [-0.39, 0.29) is 17.7 Å². The number of aromatic nitrogens is 1. The second-order valence-corrected chi connectivity index (χ2v) is 8.60. The fourth-order valence-electron chi connectivity index (χ4n) is 4.81. The molecule has 1 atom stereocenters. The van der Waals surface area contributed by atoms with Crippen molar-refractivity contribution in [3.63, 3.8) is 0 Å². The highest BCUT2D eigenvalue weighted by Gasteiger charge is 2.41. The fraction of sp³-hybridized carbons (Fsp3) is 0.280. The van der Waals surface area contributed by atoms with Crippen molar-refractivity contribution in [2.45, 2.75) is 33.2 Å². The summed E-state index contributed by atoms with van der Waals surface area (Å²) in [4.78, 5) is 26.8. The first kappa shape index (κ1) is 18.7. The number of carbonyl (C=O) groups is 2. The van der Waals surface area contributed by atoms with Crippen LogP contribution in [0.15, 0.2) is 66.0 Å². The molecular formula is C25H25N3O2. The number of imide groups is 1. The molecule has 1 aromatic heterocycles. The van der Waals surface area contributed by atoms with Crippen molar-refractivity contribution in [3.8, 4) is 0 Å². The summed E-state index contributed by atoms with van der Waals surface area (Å²) in [5, 5.41) is 4.68. The van der Waals surface area contributed by atoms with Crippen molar-refractivity contribution >= 4 is 28.4 Å². The van der Waals surface area contributed by atoms with Crippen LogP contribution in [0.25, 0.3) is 10.9 Å². The van der Waals surface area contributed by atoms with E-state index >= 15 is 0 Å². The third-order valence-electron chi connectivity index (χ3n) is 6.01. The third-order valence-corrected chi connectivity index (χ3v) is 6.01. The first-order chi connectivity index (χ1) is 14.5. The van der Waals surface area contributed by atoms with Crippen molar-refractivity contribution in [1.82, 2.24) is 9.47 Å². The van der Waals surface area contributed by atoms with Crippen LogP contribution in [-0.4, -0.2) is 27.8 Å². The Morgan fingerprint density at radius 2 is 1.90 bits per heavy atom. The molecule has 0 saturated heterocycles. The largest absolute Gasteiger partial charge is 0.356 e. The van der Waals surface area contributed by atoms with Crippen molar-refractivity contribution < 1.29 is 9.59 Å². The lowest BCUT2D eigenvalue weighted by Crippen LogP contribution is -2.33. The topological polar surface area (TPSA) is 54.3 Å². The minimum Gasteiger partial charge on any atom is -0.356 e. The van der Waals surface area contributed by atoms with Crippen LogP contribution < -0.4 is 5.32 Å². The molecule has 0 spiro atoms. The van der Waals surface area contributed by atoms with Gasteiger partial charge < -0.3 is 9.88 Å². The molecule has 2 aliphatic rings. The fourth-order valence-corrected chi connectivity index (χ4v) is 4.81. The monoisotopic (exact) mass is 399 g/mol. The Hall–Kier alpha value is -3.34. The van der Waals surface area contributed by atoms with Gasteiger partial charge in [0.2, 0.25) is 5.91 Å². The summed E-state index contributed by atoms with van der Waals surface area (Å²) in [6, 6.07) is 16.4. The van der Waals surface area contributed by atoms with Gasteiger partial charge in [-0.2, -0.15) is 0 Å². The van der Waals surface area contributed by atoms with E-state index in [1.54, 1.807) is 0 Å². The Morgan fingerprint density at radius 1 is 1.13 bits per heavy atom. The predicted octanol–water partition coefficient (Wildman–Crippen LogP) is 4.50. The van der Waals surface area contributed by atoms with Gasteiger partial charge in [0.1, 0.15) is 0 Å². The minimum absolute atomic E-state index is 0.198. The second-order valence-electron chi connectivity index (χ2n) is 8.60. The molecule has 3 heterocycles. The van der Waals surface area contributed by atoms with E-state index in [4.69, 9.17) is 0 Å². The Bertz CT molecular complexity index is 1200. The number of benzene rings is 2. The van der Waals surface area contributed by atoms with Gasteiger partial charge in [0, 0.05) is 42.4 Å². The van der Waals surface area contributed by atoms with Gasteiger partial charge in [0.05, 0.1) is 17.6 Å². The Morgan fingerprint density at radius 3 is 2.60 bits per heavy atom. The Labute approximate surface area is 176 Å². The second kappa shape index (κ2) is 6.87. The molecule has 1 N–H and O–H groups in total. The highest BCUT2D eigenvalue weighted by molar-refractivity contribution is 6.11. The van der Waals surface area contributed by atoms with E-state index < -0.39 is 0 Å². The molecule has 152 valence electrons. The van der Waals surface area contributed by atoms with Crippen LogP contribution in [0, 0.1) is 5.92 Å². The molecule has 0 aliphatic carbocycles. The first-order valence-electron chi connectivity index (χ1n) is 10.4. The molecule has 3 aromatic rings. The molecule has 0 bridgehead atoms. The zero-order chi connectivity index (χ0) is 21.0. The molecule has 2 aromatic carbocycles. The average Bonchev–Trinajstić information content (AvgIpc) is 3.18. The van der Waals surface area contributed by atoms with Crippen molar-refractivity contribution in [3.05, 3.63) is 77.1 Å². The van der Waals surface area contributed by atoms with Gasteiger partial charge in [0.25, 0.3) is 5.91 Å². The van der Waals surface area contributed by atoms with Crippen molar-refractivity contribution in [1.29, 1.82) is 0 Å². The zero-order valence-corrected chi connectivity index (χ0v) is 17.5. The SMILES string of the molecule is CC(=O)N1CC2=C(C1=O)C(c1ccccc1)c1cn(CC(C)C)c3cccc(c13)N2. The summed E-state index contributed by atoms with van der Waals surface area (Å²) in [5.74, 6) is -0.140. The lowest BCUT2D eigenvalue weighted by molar-refractivity contribution is -0.139. The van der Waals surface area contributed by atoms with Crippen LogP contribution in [0.4, 0.5) is 5.69 Å². The molecule has 0 saturated carbocycles. The van der Waals surface area contributed by atoms with Gasteiger partial charge in [-0.25, -0.2) is 0 Å². The third kappa shape index (κ3) is 2.76. The van der Waals surface area contributed by atoms with Gasteiger partial charge >= 0.3 is 0 Å². The van der Waals surface area contributed by atoms with E-state index in [9.17, 15) is 9.59 Å². The number of carbonyl (C=O) groups excluding carboxylic acids is 2. The first-order valence-corrected chi connectivity index (χ1v) is 10.4. The van der Waals surface area contributed by atoms with Crippen LogP contribution in [0.2, 0.25) is 0 Å². The van der Waals surface area contributed by atoms with Crippen LogP contribution in [-0.2, 0) is 16.1 Å². The van der Waals surface area contributed by atoms with Gasteiger partial charge in [-0.15, -0.1) is 0 Å². The van der Waals surface area contributed by atoms with E-state index in [0.717, 1.165) is 34.4 Å². The van der Waals surface area contributed by atoms with Crippen LogP contribution in [0.5, 0.6) is 0 Å². The van der Waals surface area contributed by atoms with E-state index in [1.165, 1.54) is 17.3 Å². The predicted molar refractivity (Wildman–Crippen MR) is 118 cm³/mol. The van der Waals surface area contributed by atoms with Crippen LogP contribution >= 0.6 is 0 Å². The summed E-state index contributed by atoms with van der Waals surface area (Å²) in [5.41, 5.74) is 5.84. The highest BCUT2D eigenvalue weighted by Crippen LogP contribution is 2.46. The quantitative estimate of drug-likeness (QED) is 0.706. The summed E-state index contributed by atoms with van der Waals surface area (Å²) in [7, 11) is 0. The maximum atomic E-state index is 13.4. The summed E-state index contributed by atoms with van der Waals surface area (Å²) in [6.07, 6.45) is 2.20. The zero-order valence-electron chi connectivity index (χ0n) is 17.5. The molecule has 0 radical (unpaired) electrons. The van der Waals surface area contributed by atoms with Crippen molar-refractivity contribution in [2.24, 2.45) is 5.92 Å². The summed E-state index contributed by atoms with van der Waals surface area (Å²) in [6.45, 7) is 7.06. The molecule has 5 nitrogen and oxygen atoms in total. The van der Waals surface area contributed by atoms with E-state index in [2.05, 4.69) is 54.2 Å². The molecule has 2 aliphatic heterocycles. The van der Waals surface area contributed by atoms with Gasteiger partial charge in [-0.05, 0) is 29.2 Å². The van der Waals surface area contributed by atoms with Gasteiger partial charge in [-0.3, -0.25) is 14.5 Å². The Kier molecular flexibility index (Phi) is 4.28. The number of hydrogen-bond donors (Lipinski definition) is 1. The summed E-state index contributed by atoms with van der Waals surface area (Å²) < 4.78 is 2.30. The molecule has 0 fully saturated rings. The number of hydrogen-bond acceptors (Lipinski definition) is 3. The molecule has 30 heavy (non-hydrogen) atoms. The maximum absolute atomic E-state index is 13.4. The minimum atomic E-state index is -0.225. The maximum Gasteiger partial charge on any atom is 0.259 e.